The highest BCUT2D eigenvalue weighted by Gasteiger charge is 2.33. The van der Waals surface area contributed by atoms with Crippen molar-refractivity contribution in [3.63, 3.8) is 0 Å². The van der Waals surface area contributed by atoms with Crippen molar-refractivity contribution < 1.29 is 9.90 Å². The molecule has 0 saturated heterocycles. The lowest BCUT2D eigenvalue weighted by Crippen LogP contribution is -2.32. The summed E-state index contributed by atoms with van der Waals surface area (Å²) in [6.07, 6.45) is 0.806. The molecule has 0 saturated carbocycles. The second-order valence-corrected chi connectivity index (χ2v) is 4.62. The van der Waals surface area contributed by atoms with Gasteiger partial charge in [0.2, 0.25) is 0 Å². The third-order valence-electron chi connectivity index (χ3n) is 3.17. The van der Waals surface area contributed by atoms with Crippen molar-refractivity contribution in [2.45, 2.75) is 27.2 Å². The van der Waals surface area contributed by atoms with Crippen LogP contribution in [0.1, 0.15) is 26.3 Å². The first-order chi connectivity index (χ1) is 6.94. The fraction of sp³-hybridized carbons (Fsp3) is 0.462. The van der Waals surface area contributed by atoms with Crippen molar-refractivity contribution in [3.05, 3.63) is 35.9 Å². The summed E-state index contributed by atoms with van der Waals surface area (Å²) < 4.78 is 0. The lowest BCUT2D eigenvalue weighted by molar-refractivity contribution is -0.149. The maximum atomic E-state index is 11.1. The van der Waals surface area contributed by atoms with E-state index in [4.69, 9.17) is 5.11 Å². The first-order valence-electron chi connectivity index (χ1n) is 5.22. The monoisotopic (exact) mass is 206 g/mol. The van der Waals surface area contributed by atoms with E-state index in [2.05, 4.69) is 0 Å². The van der Waals surface area contributed by atoms with Crippen molar-refractivity contribution in [1.82, 2.24) is 0 Å². The van der Waals surface area contributed by atoms with Crippen LogP contribution in [0.5, 0.6) is 0 Å². The number of aliphatic carboxylic acids is 1. The van der Waals surface area contributed by atoms with Crippen molar-refractivity contribution in [3.8, 4) is 0 Å². The number of carbonyl (C=O) groups is 1. The number of carboxylic acid groups (broad SMARTS) is 1. The van der Waals surface area contributed by atoms with Gasteiger partial charge in [0.1, 0.15) is 0 Å². The zero-order valence-corrected chi connectivity index (χ0v) is 9.53. The van der Waals surface area contributed by atoms with E-state index in [0.717, 1.165) is 6.42 Å². The van der Waals surface area contributed by atoms with Crippen LogP contribution in [-0.4, -0.2) is 11.1 Å². The van der Waals surface area contributed by atoms with Crippen LogP contribution in [0.4, 0.5) is 0 Å². The van der Waals surface area contributed by atoms with Gasteiger partial charge in [-0.25, -0.2) is 0 Å². The molecular weight excluding hydrogens is 188 g/mol. The highest BCUT2D eigenvalue weighted by atomic mass is 16.4. The number of hydrogen-bond donors (Lipinski definition) is 1. The van der Waals surface area contributed by atoms with Crippen LogP contribution in [0.25, 0.3) is 0 Å². The third kappa shape index (κ3) is 2.82. The van der Waals surface area contributed by atoms with E-state index in [-0.39, 0.29) is 5.92 Å². The Hall–Kier alpha value is -1.31. The minimum absolute atomic E-state index is 0.123. The molecule has 1 N–H and O–H groups in total. The molecule has 15 heavy (non-hydrogen) atoms. The molecule has 0 fully saturated rings. The molecule has 2 heteroatoms. The van der Waals surface area contributed by atoms with Crippen molar-refractivity contribution in [2.75, 3.05) is 0 Å². The Morgan fingerprint density at radius 3 is 2.33 bits per heavy atom. The van der Waals surface area contributed by atoms with E-state index in [1.54, 1.807) is 13.8 Å². The Labute approximate surface area is 90.9 Å². The van der Waals surface area contributed by atoms with Gasteiger partial charge in [-0.3, -0.25) is 4.79 Å². The summed E-state index contributed by atoms with van der Waals surface area (Å²) in [5, 5.41) is 9.09. The zero-order chi connectivity index (χ0) is 11.5. The predicted octanol–water partition coefficient (Wildman–Crippen LogP) is 2.98. The summed E-state index contributed by atoms with van der Waals surface area (Å²) in [7, 11) is 0. The first-order valence-corrected chi connectivity index (χ1v) is 5.22. The van der Waals surface area contributed by atoms with E-state index in [0.29, 0.717) is 0 Å². The molecule has 0 amide bonds. The van der Waals surface area contributed by atoms with Crippen LogP contribution in [0, 0.1) is 11.3 Å². The van der Waals surface area contributed by atoms with Crippen LogP contribution >= 0.6 is 0 Å². The highest BCUT2D eigenvalue weighted by molar-refractivity contribution is 5.74. The van der Waals surface area contributed by atoms with Gasteiger partial charge in [0.15, 0.2) is 0 Å². The van der Waals surface area contributed by atoms with Gasteiger partial charge in [0.25, 0.3) is 0 Å². The Morgan fingerprint density at radius 1 is 1.33 bits per heavy atom. The van der Waals surface area contributed by atoms with Crippen LogP contribution in [0.2, 0.25) is 0 Å². The molecule has 1 atom stereocenters. The van der Waals surface area contributed by atoms with Crippen molar-refractivity contribution in [1.29, 1.82) is 0 Å². The van der Waals surface area contributed by atoms with Gasteiger partial charge >= 0.3 is 5.97 Å². The van der Waals surface area contributed by atoms with Gasteiger partial charge in [-0.15, -0.1) is 0 Å². The molecule has 0 heterocycles. The van der Waals surface area contributed by atoms with Gasteiger partial charge in [-0.1, -0.05) is 37.3 Å². The third-order valence-corrected chi connectivity index (χ3v) is 3.17. The fourth-order valence-electron chi connectivity index (χ4n) is 1.43. The largest absolute Gasteiger partial charge is 0.481 e. The summed E-state index contributed by atoms with van der Waals surface area (Å²) in [4.78, 5) is 11.1. The zero-order valence-electron chi connectivity index (χ0n) is 9.53. The van der Waals surface area contributed by atoms with E-state index in [1.165, 1.54) is 5.56 Å². The Morgan fingerprint density at radius 2 is 1.87 bits per heavy atom. The van der Waals surface area contributed by atoms with Crippen molar-refractivity contribution >= 4 is 5.97 Å². The Kier molecular flexibility index (Phi) is 3.51. The standard InChI is InChI=1S/C13H18O2/c1-10(13(2,3)12(14)15)9-11-7-5-4-6-8-11/h4-8,10H,9H2,1-3H3,(H,14,15). The maximum Gasteiger partial charge on any atom is 0.309 e. The Balaban J connectivity index is 2.72. The average molecular weight is 206 g/mol. The van der Waals surface area contributed by atoms with Crippen LogP contribution in [0.15, 0.2) is 30.3 Å². The quantitative estimate of drug-likeness (QED) is 0.822. The molecule has 0 spiro atoms. The average Bonchev–Trinajstić information content (AvgIpc) is 2.18. The summed E-state index contributed by atoms with van der Waals surface area (Å²) >= 11 is 0. The van der Waals surface area contributed by atoms with E-state index in [9.17, 15) is 4.79 Å². The van der Waals surface area contributed by atoms with Gasteiger partial charge in [0, 0.05) is 0 Å². The van der Waals surface area contributed by atoms with Gasteiger partial charge < -0.3 is 5.11 Å². The minimum atomic E-state index is -0.731. The molecule has 1 aromatic carbocycles. The summed E-state index contributed by atoms with van der Waals surface area (Å²) in [5.41, 5.74) is 0.523. The molecule has 0 radical (unpaired) electrons. The second kappa shape index (κ2) is 4.47. The second-order valence-electron chi connectivity index (χ2n) is 4.62. The number of rotatable bonds is 4. The summed E-state index contributed by atoms with van der Waals surface area (Å²) in [6.45, 7) is 5.55. The SMILES string of the molecule is CC(Cc1ccccc1)C(C)(C)C(=O)O. The van der Waals surface area contributed by atoms with Gasteiger partial charge in [-0.05, 0) is 31.7 Å². The Bertz CT molecular complexity index is 328. The predicted molar refractivity (Wildman–Crippen MR) is 60.7 cm³/mol. The van der Waals surface area contributed by atoms with Crippen LogP contribution in [0.3, 0.4) is 0 Å². The normalized spacial score (nSPS) is 13.5. The van der Waals surface area contributed by atoms with Crippen LogP contribution in [-0.2, 0) is 11.2 Å². The molecule has 2 nitrogen and oxygen atoms in total. The lowest BCUT2D eigenvalue weighted by atomic mass is 9.77. The topological polar surface area (TPSA) is 37.3 Å². The fourth-order valence-corrected chi connectivity index (χ4v) is 1.43. The van der Waals surface area contributed by atoms with E-state index in [1.807, 2.05) is 37.3 Å². The molecule has 0 aliphatic carbocycles. The van der Waals surface area contributed by atoms with Gasteiger partial charge in [0.05, 0.1) is 5.41 Å². The molecule has 0 aliphatic heterocycles. The summed E-state index contributed by atoms with van der Waals surface area (Å²) in [5.74, 6) is -0.608. The first kappa shape index (κ1) is 11.8. The lowest BCUT2D eigenvalue weighted by Gasteiger charge is -2.27. The molecule has 0 aliphatic rings. The van der Waals surface area contributed by atoms with Gasteiger partial charge in [-0.2, -0.15) is 0 Å². The molecule has 0 aromatic heterocycles. The molecule has 1 rings (SSSR count). The molecular formula is C13H18O2. The number of benzene rings is 1. The number of carboxylic acids is 1. The molecule has 1 aromatic rings. The molecule has 82 valence electrons. The molecule has 0 bridgehead atoms. The van der Waals surface area contributed by atoms with Crippen LogP contribution < -0.4 is 0 Å². The van der Waals surface area contributed by atoms with E-state index >= 15 is 0 Å². The summed E-state index contributed by atoms with van der Waals surface area (Å²) in [6, 6.07) is 10.0. The smallest absolute Gasteiger partial charge is 0.309 e. The van der Waals surface area contributed by atoms with Crippen molar-refractivity contribution in [2.24, 2.45) is 11.3 Å². The van der Waals surface area contributed by atoms with E-state index < -0.39 is 11.4 Å². The minimum Gasteiger partial charge on any atom is -0.481 e. The molecule has 1 unspecified atom stereocenters. The highest BCUT2D eigenvalue weighted by Crippen LogP contribution is 2.29. The maximum absolute atomic E-state index is 11.1. The number of hydrogen-bond acceptors (Lipinski definition) is 1.